The first kappa shape index (κ1) is 12.6. The lowest BCUT2D eigenvalue weighted by molar-refractivity contribution is -0.108. The second kappa shape index (κ2) is 6.14. The topological polar surface area (TPSA) is 37.3 Å². The molecule has 0 rings (SSSR count). The van der Waals surface area contributed by atoms with E-state index in [0.29, 0.717) is 12.3 Å². The quantitative estimate of drug-likeness (QED) is 0.620. The van der Waals surface area contributed by atoms with Gasteiger partial charge in [-0.1, -0.05) is 26.7 Å². The molecule has 2 atom stereocenters. The number of aliphatic hydroxyl groups is 1. The van der Waals surface area contributed by atoms with Crippen molar-refractivity contribution in [1.82, 2.24) is 0 Å². The highest BCUT2D eigenvalue weighted by molar-refractivity contribution is 5.49. The Morgan fingerprint density at radius 3 is 2.62 bits per heavy atom. The van der Waals surface area contributed by atoms with Crippen LogP contribution in [0.3, 0.4) is 0 Å². The van der Waals surface area contributed by atoms with Gasteiger partial charge < -0.3 is 9.90 Å². The molecule has 0 saturated heterocycles. The zero-order chi connectivity index (χ0) is 10.3. The summed E-state index contributed by atoms with van der Waals surface area (Å²) in [5.41, 5.74) is -0.513. The predicted octanol–water partition coefficient (Wildman–Crippen LogP) is 2.54. The van der Waals surface area contributed by atoms with E-state index < -0.39 is 5.60 Å². The molecule has 0 aliphatic rings. The van der Waals surface area contributed by atoms with Gasteiger partial charge >= 0.3 is 0 Å². The molecule has 2 nitrogen and oxygen atoms in total. The zero-order valence-corrected chi connectivity index (χ0v) is 9.05. The molecule has 78 valence electrons. The minimum atomic E-state index is -0.513. The molecule has 0 radical (unpaired) electrons. The van der Waals surface area contributed by atoms with Crippen molar-refractivity contribution in [1.29, 1.82) is 0 Å². The summed E-state index contributed by atoms with van der Waals surface area (Å²) in [6.45, 7) is 5.95. The molecule has 1 N–H and O–H groups in total. The number of aldehydes is 1. The lowest BCUT2D eigenvalue weighted by Gasteiger charge is -2.21. The second-order valence-electron chi connectivity index (χ2n) is 4.25. The molecule has 0 spiro atoms. The molecule has 0 saturated carbocycles. The molecule has 0 aliphatic heterocycles. The molecule has 2 heteroatoms. The smallest absolute Gasteiger partial charge is 0.120 e. The Balaban J connectivity index is 3.49. The first-order chi connectivity index (χ1) is 6.02. The van der Waals surface area contributed by atoms with Gasteiger partial charge in [0, 0.05) is 6.42 Å². The van der Waals surface area contributed by atoms with E-state index >= 15 is 0 Å². The first-order valence-electron chi connectivity index (χ1n) is 5.18. The van der Waals surface area contributed by atoms with E-state index in [1.165, 1.54) is 0 Å². The van der Waals surface area contributed by atoms with Crippen molar-refractivity contribution in [3.63, 3.8) is 0 Å². The molecule has 0 fully saturated rings. The third kappa shape index (κ3) is 6.76. The van der Waals surface area contributed by atoms with Crippen molar-refractivity contribution in [3.8, 4) is 0 Å². The van der Waals surface area contributed by atoms with Crippen molar-refractivity contribution < 1.29 is 9.90 Å². The van der Waals surface area contributed by atoms with Crippen LogP contribution >= 0.6 is 0 Å². The van der Waals surface area contributed by atoms with Gasteiger partial charge in [-0.15, -0.1) is 0 Å². The number of rotatable bonds is 7. The van der Waals surface area contributed by atoms with Crippen molar-refractivity contribution in [2.24, 2.45) is 5.92 Å². The fourth-order valence-corrected chi connectivity index (χ4v) is 1.29. The molecule has 0 heterocycles. The van der Waals surface area contributed by atoms with Gasteiger partial charge in [-0.05, 0) is 25.7 Å². The maximum Gasteiger partial charge on any atom is 0.120 e. The normalized spacial score (nSPS) is 17.8. The zero-order valence-electron chi connectivity index (χ0n) is 9.05. The van der Waals surface area contributed by atoms with Crippen LogP contribution in [0.4, 0.5) is 0 Å². The van der Waals surface area contributed by atoms with E-state index in [0.717, 1.165) is 32.0 Å². The molecule has 13 heavy (non-hydrogen) atoms. The van der Waals surface area contributed by atoms with Gasteiger partial charge in [-0.2, -0.15) is 0 Å². The summed E-state index contributed by atoms with van der Waals surface area (Å²) in [6, 6.07) is 0. The number of hydrogen-bond acceptors (Lipinski definition) is 2. The van der Waals surface area contributed by atoms with E-state index in [2.05, 4.69) is 6.92 Å². The van der Waals surface area contributed by atoms with Crippen LogP contribution < -0.4 is 0 Å². The standard InChI is InChI=1S/C11H22O2/c1-4-11(3,13)8-5-6-10(2)7-9-12/h9-10,13H,4-8H2,1-3H3. The molecule has 2 unspecified atom stereocenters. The minimum absolute atomic E-state index is 0.463. The van der Waals surface area contributed by atoms with Gasteiger partial charge in [0.1, 0.15) is 6.29 Å². The summed E-state index contributed by atoms with van der Waals surface area (Å²) in [6.07, 6.45) is 5.31. The van der Waals surface area contributed by atoms with Gasteiger partial charge in [-0.3, -0.25) is 0 Å². The van der Waals surface area contributed by atoms with Crippen LogP contribution in [-0.4, -0.2) is 17.0 Å². The Labute approximate surface area is 81.3 Å². The van der Waals surface area contributed by atoms with Crippen LogP contribution in [0.5, 0.6) is 0 Å². The molecule has 0 bridgehead atoms. The summed E-state index contributed by atoms with van der Waals surface area (Å²) in [5.74, 6) is 0.463. The molecule has 0 amide bonds. The predicted molar refractivity (Wildman–Crippen MR) is 54.6 cm³/mol. The van der Waals surface area contributed by atoms with E-state index in [4.69, 9.17) is 0 Å². The van der Waals surface area contributed by atoms with E-state index in [9.17, 15) is 9.90 Å². The Morgan fingerprint density at radius 1 is 1.54 bits per heavy atom. The fourth-order valence-electron chi connectivity index (χ4n) is 1.29. The largest absolute Gasteiger partial charge is 0.390 e. The first-order valence-corrected chi connectivity index (χ1v) is 5.18. The van der Waals surface area contributed by atoms with Crippen LogP contribution in [0.25, 0.3) is 0 Å². The molecular formula is C11H22O2. The Hall–Kier alpha value is -0.370. The maximum atomic E-state index is 10.2. The van der Waals surface area contributed by atoms with Crippen LogP contribution in [0.15, 0.2) is 0 Å². The Morgan fingerprint density at radius 2 is 2.15 bits per heavy atom. The molecule has 0 aliphatic carbocycles. The van der Waals surface area contributed by atoms with Crippen molar-refractivity contribution >= 4 is 6.29 Å². The third-order valence-corrected chi connectivity index (χ3v) is 2.67. The van der Waals surface area contributed by atoms with Crippen LogP contribution in [0, 0.1) is 5.92 Å². The van der Waals surface area contributed by atoms with Crippen LogP contribution in [0.1, 0.15) is 52.9 Å². The van der Waals surface area contributed by atoms with Crippen molar-refractivity contribution in [3.05, 3.63) is 0 Å². The lowest BCUT2D eigenvalue weighted by atomic mass is 9.92. The minimum Gasteiger partial charge on any atom is -0.390 e. The average Bonchev–Trinajstić information content (AvgIpc) is 2.05. The van der Waals surface area contributed by atoms with E-state index in [-0.39, 0.29) is 0 Å². The Kier molecular flexibility index (Phi) is 5.97. The third-order valence-electron chi connectivity index (χ3n) is 2.67. The van der Waals surface area contributed by atoms with E-state index in [1.54, 1.807) is 0 Å². The number of carbonyl (C=O) groups is 1. The molecule has 0 aromatic carbocycles. The highest BCUT2D eigenvalue weighted by Gasteiger charge is 2.16. The van der Waals surface area contributed by atoms with Gasteiger partial charge in [0.05, 0.1) is 5.60 Å². The van der Waals surface area contributed by atoms with Crippen LogP contribution in [-0.2, 0) is 4.79 Å². The summed E-state index contributed by atoms with van der Waals surface area (Å²) < 4.78 is 0. The van der Waals surface area contributed by atoms with Crippen molar-refractivity contribution in [2.75, 3.05) is 0 Å². The maximum absolute atomic E-state index is 10.2. The number of hydrogen-bond donors (Lipinski definition) is 1. The van der Waals surface area contributed by atoms with Gasteiger partial charge in [0.15, 0.2) is 0 Å². The second-order valence-corrected chi connectivity index (χ2v) is 4.25. The molecular weight excluding hydrogens is 164 g/mol. The van der Waals surface area contributed by atoms with E-state index in [1.807, 2.05) is 13.8 Å². The monoisotopic (exact) mass is 186 g/mol. The number of carbonyl (C=O) groups excluding carboxylic acids is 1. The van der Waals surface area contributed by atoms with Crippen molar-refractivity contribution in [2.45, 2.75) is 58.5 Å². The summed E-state index contributed by atoms with van der Waals surface area (Å²) in [4.78, 5) is 10.2. The highest BCUT2D eigenvalue weighted by atomic mass is 16.3. The van der Waals surface area contributed by atoms with Gasteiger partial charge in [0.2, 0.25) is 0 Å². The average molecular weight is 186 g/mol. The Bertz CT molecular complexity index is 141. The van der Waals surface area contributed by atoms with Crippen LogP contribution in [0.2, 0.25) is 0 Å². The fraction of sp³-hybridized carbons (Fsp3) is 0.909. The van der Waals surface area contributed by atoms with Gasteiger partial charge in [-0.25, -0.2) is 0 Å². The van der Waals surface area contributed by atoms with Gasteiger partial charge in [0.25, 0.3) is 0 Å². The summed E-state index contributed by atoms with van der Waals surface area (Å²) in [5, 5.41) is 9.70. The highest BCUT2D eigenvalue weighted by Crippen LogP contribution is 2.19. The summed E-state index contributed by atoms with van der Waals surface area (Å²) in [7, 11) is 0. The molecule has 0 aromatic heterocycles. The lowest BCUT2D eigenvalue weighted by Crippen LogP contribution is -2.22. The SMILES string of the molecule is CCC(C)(O)CCCC(C)CC=O. The molecule has 0 aromatic rings. The summed E-state index contributed by atoms with van der Waals surface area (Å²) >= 11 is 0.